The first-order chi connectivity index (χ1) is 8.69. The Morgan fingerprint density at radius 2 is 2.28 bits per heavy atom. The van der Waals surface area contributed by atoms with Crippen LogP contribution < -0.4 is 10.1 Å². The third kappa shape index (κ3) is 2.97. The van der Waals surface area contributed by atoms with Crippen molar-refractivity contribution in [3.8, 4) is 5.88 Å². The highest BCUT2D eigenvalue weighted by molar-refractivity contribution is 5.50. The van der Waals surface area contributed by atoms with Gasteiger partial charge < -0.3 is 10.1 Å². The van der Waals surface area contributed by atoms with Gasteiger partial charge in [-0.25, -0.2) is 4.98 Å². The van der Waals surface area contributed by atoms with Gasteiger partial charge in [0.1, 0.15) is 0 Å². The van der Waals surface area contributed by atoms with Gasteiger partial charge in [0, 0.05) is 24.5 Å². The van der Waals surface area contributed by atoms with Crippen LogP contribution in [0.1, 0.15) is 26.8 Å². The van der Waals surface area contributed by atoms with Crippen molar-refractivity contribution >= 4 is 11.6 Å². The Kier molecular flexibility index (Phi) is 3.76. The van der Waals surface area contributed by atoms with Crippen molar-refractivity contribution in [2.75, 3.05) is 11.9 Å². The summed E-state index contributed by atoms with van der Waals surface area (Å²) in [5.74, 6) is 1.07. The van der Waals surface area contributed by atoms with Gasteiger partial charge in [-0.15, -0.1) is 0 Å². The van der Waals surface area contributed by atoms with E-state index in [0.717, 1.165) is 5.69 Å². The standard InChI is InChI=1S/C12H17N5O/c1-4-18-11-5-6-13-12(16-11)15-10-7-14-17(8-10)9(2)3/h5-9H,4H2,1-3H3,(H,13,15,16). The second-order valence-corrected chi connectivity index (χ2v) is 4.08. The minimum atomic E-state index is 0.330. The molecule has 0 saturated heterocycles. The van der Waals surface area contributed by atoms with Crippen LogP contribution in [0.25, 0.3) is 0 Å². The Morgan fingerprint density at radius 3 is 2.94 bits per heavy atom. The Labute approximate surface area is 106 Å². The van der Waals surface area contributed by atoms with E-state index in [1.165, 1.54) is 0 Å². The summed E-state index contributed by atoms with van der Waals surface area (Å²) < 4.78 is 7.19. The number of rotatable bonds is 5. The molecule has 0 aromatic carbocycles. The lowest BCUT2D eigenvalue weighted by atomic mass is 10.4. The molecule has 0 fully saturated rings. The van der Waals surface area contributed by atoms with Crippen molar-refractivity contribution in [1.29, 1.82) is 0 Å². The first kappa shape index (κ1) is 12.3. The Balaban J connectivity index is 2.10. The van der Waals surface area contributed by atoms with Gasteiger partial charge >= 0.3 is 0 Å². The average molecular weight is 247 g/mol. The van der Waals surface area contributed by atoms with Crippen molar-refractivity contribution in [3.63, 3.8) is 0 Å². The number of ether oxygens (including phenoxy) is 1. The second kappa shape index (κ2) is 5.48. The number of anilines is 2. The molecule has 2 rings (SSSR count). The van der Waals surface area contributed by atoms with Crippen molar-refractivity contribution in [3.05, 3.63) is 24.7 Å². The monoisotopic (exact) mass is 247 g/mol. The molecule has 0 spiro atoms. The van der Waals surface area contributed by atoms with E-state index < -0.39 is 0 Å². The molecule has 0 unspecified atom stereocenters. The lowest BCUT2D eigenvalue weighted by Crippen LogP contribution is -2.01. The van der Waals surface area contributed by atoms with E-state index in [9.17, 15) is 0 Å². The molecular formula is C12H17N5O. The highest BCUT2D eigenvalue weighted by Gasteiger charge is 2.04. The van der Waals surface area contributed by atoms with Gasteiger partial charge in [0.05, 0.1) is 18.5 Å². The third-order valence-electron chi connectivity index (χ3n) is 2.31. The molecule has 2 aromatic heterocycles. The quantitative estimate of drug-likeness (QED) is 0.878. The molecule has 0 aliphatic carbocycles. The predicted molar refractivity (Wildman–Crippen MR) is 69.1 cm³/mol. The molecule has 2 aromatic rings. The van der Waals surface area contributed by atoms with Crippen LogP contribution in [0.5, 0.6) is 5.88 Å². The van der Waals surface area contributed by atoms with Crippen molar-refractivity contribution in [1.82, 2.24) is 19.7 Å². The highest BCUT2D eigenvalue weighted by Crippen LogP contribution is 2.15. The van der Waals surface area contributed by atoms with Gasteiger partial charge in [0.15, 0.2) is 0 Å². The summed E-state index contributed by atoms with van der Waals surface area (Å²) in [5, 5.41) is 7.33. The van der Waals surface area contributed by atoms with Crippen LogP contribution in [0.4, 0.5) is 11.6 Å². The summed E-state index contributed by atoms with van der Waals surface area (Å²) in [6.07, 6.45) is 5.32. The van der Waals surface area contributed by atoms with E-state index in [2.05, 4.69) is 34.2 Å². The molecule has 96 valence electrons. The minimum Gasteiger partial charge on any atom is -0.478 e. The van der Waals surface area contributed by atoms with E-state index in [0.29, 0.717) is 24.5 Å². The summed E-state index contributed by atoms with van der Waals surface area (Å²) in [6, 6.07) is 2.06. The number of nitrogens with zero attached hydrogens (tertiary/aromatic N) is 4. The van der Waals surface area contributed by atoms with E-state index in [1.54, 1.807) is 18.5 Å². The largest absolute Gasteiger partial charge is 0.478 e. The fraction of sp³-hybridized carbons (Fsp3) is 0.417. The lowest BCUT2D eigenvalue weighted by molar-refractivity contribution is 0.327. The third-order valence-corrected chi connectivity index (χ3v) is 2.31. The Bertz CT molecular complexity index is 509. The van der Waals surface area contributed by atoms with Crippen LogP contribution in [0.2, 0.25) is 0 Å². The number of aromatic nitrogens is 4. The summed E-state index contributed by atoms with van der Waals surface area (Å²) >= 11 is 0. The maximum absolute atomic E-state index is 5.32. The van der Waals surface area contributed by atoms with E-state index >= 15 is 0 Å². The minimum absolute atomic E-state index is 0.330. The second-order valence-electron chi connectivity index (χ2n) is 4.08. The molecule has 6 heteroatoms. The van der Waals surface area contributed by atoms with Crippen LogP contribution in [0.15, 0.2) is 24.7 Å². The summed E-state index contributed by atoms with van der Waals surface area (Å²) in [7, 11) is 0. The van der Waals surface area contributed by atoms with Gasteiger partial charge in [0.2, 0.25) is 11.8 Å². The Morgan fingerprint density at radius 1 is 1.44 bits per heavy atom. The first-order valence-corrected chi connectivity index (χ1v) is 5.96. The fourth-order valence-corrected chi connectivity index (χ4v) is 1.44. The molecule has 0 aliphatic heterocycles. The fourth-order valence-electron chi connectivity index (χ4n) is 1.44. The molecule has 0 atom stereocenters. The smallest absolute Gasteiger partial charge is 0.230 e. The molecule has 2 heterocycles. The van der Waals surface area contributed by atoms with Gasteiger partial charge in [-0.2, -0.15) is 10.1 Å². The zero-order chi connectivity index (χ0) is 13.0. The zero-order valence-corrected chi connectivity index (χ0v) is 10.8. The molecule has 0 amide bonds. The molecule has 6 nitrogen and oxygen atoms in total. The maximum Gasteiger partial charge on any atom is 0.230 e. The van der Waals surface area contributed by atoms with Crippen LogP contribution >= 0.6 is 0 Å². The zero-order valence-electron chi connectivity index (χ0n) is 10.8. The molecule has 0 aliphatic rings. The molecule has 0 saturated carbocycles. The van der Waals surface area contributed by atoms with Crippen LogP contribution in [0, 0.1) is 0 Å². The summed E-state index contributed by atoms with van der Waals surface area (Å²) in [5.41, 5.74) is 0.859. The maximum atomic E-state index is 5.32. The highest BCUT2D eigenvalue weighted by atomic mass is 16.5. The summed E-state index contributed by atoms with van der Waals surface area (Å²) in [4.78, 5) is 8.36. The molecular weight excluding hydrogens is 230 g/mol. The molecule has 18 heavy (non-hydrogen) atoms. The molecule has 0 bridgehead atoms. The topological polar surface area (TPSA) is 64.9 Å². The van der Waals surface area contributed by atoms with Gasteiger partial charge in [-0.1, -0.05) is 0 Å². The van der Waals surface area contributed by atoms with E-state index in [4.69, 9.17) is 4.74 Å². The average Bonchev–Trinajstić information content (AvgIpc) is 2.78. The molecule has 0 radical (unpaired) electrons. The van der Waals surface area contributed by atoms with Gasteiger partial charge in [0.25, 0.3) is 0 Å². The van der Waals surface area contributed by atoms with E-state index in [-0.39, 0.29) is 0 Å². The van der Waals surface area contributed by atoms with Gasteiger partial charge in [-0.05, 0) is 20.8 Å². The predicted octanol–water partition coefficient (Wildman–Crippen LogP) is 2.40. The number of hydrogen-bond donors (Lipinski definition) is 1. The van der Waals surface area contributed by atoms with Gasteiger partial charge in [-0.3, -0.25) is 4.68 Å². The SMILES string of the molecule is CCOc1ccnc(Nc2cnn(C(C)C)c2)n1. The van der Waals surface area contributed by atoms with Crippen LogP contribution in [-0.2, 0) is 0 Å². The van der Waals surface area contributed by atoms with Crippen LogP contribution in [-0.4, -0.2) is 26.4 Å². The lowest BCUT2D eigenvalue weighted by Gasteiger charge is -2.05. The van der Waals surface area contributed by atoms with Crippen molar-refractivity contribution in [2.24, 2.45) is 0 Å². The van der Waals surface area contributed by atoms with Crippen molar-refractivity contribution < 1.29 is 4.74 Å². The number of hydrogen-bond acceptors (Lipinski definition) is 5. The van der Waals surface area contributed by atoms with Crippen LogP contribution in [0.3, 0.4) is 0 Å². The number of nitrogens with one attached hydrogen (secondary N) is 1. The first-order valence-electron chi connectivity index (χ1n) is 5.96. The summed E-state index contributed by atoms with van der Waals surface area (Å²) in [6.45, 7) is 6.65. The van der Waals surface area contributed by atoms with Crippen molar-refractivity contribution in [2.45, 2.75) is 26.8 Å². The Hall–Kier alpha value is -2.11. The molecule has 1 N–H and O–H groups in total. The van der Waals surface area contributed by atoms with E-state index in [1.807, 2.05) is 17.8 Å². The normalized spacial score (nSPS) is 10.7.